The molecule has 1 fully saturated rings. The third kappa shape index (κ3) is 5.52. The fourth-order valence-electron chi connectivity index (χ4n) is 3.35. The fraction of sp³-hybridized carbons (Fsp3) is 0.700. The van der Waals surface area contributed by atoms with Gasteiger partial charge in [-0.05, 0) is 52.9 Å². The number of carbonyl (C=O) groups excluding carboxylic acids is 2. The summed E-state index contributed by atoms with van der Waals surface area (Å²) in [5, 5.41) is 0. The van der Waals surface area contributed by atoms with Gasteiger partial charge in [0.15, 0.2) is 0 Å². The Labute approximate surface area is 150 Å². The Morgan fingerprint density at radius 3 is 2.72 bits per heavy atom. The van der Waals surface area contributed by atoms with E-state index in [9.17, 15) is 9.59 Å². The second kappa shape index (κ2) is 8.42. The topological polar surface area (TPSA) is 55.8 Å². The van der Waals surface area contributed by atoms with Crippen LogP contribution in [0.3, 0.4) is 0 Å². The van der Waals surface area contributed by atoms with Crippen LogP contribution >= 0.6 is 0 Å². The average Bonchev–Trinajstić information content (AvgIpc) is 2.84. The molecule has 1 amide bonds. The Kier molecular flexibility index (Phi) is 6.52. The maximum absolute atomic E-state index is 12.6. The molecule has 1 saturated heterocycles. The lowest BCUT2D eigenvalue weighted by Crippen LogP contribution is -2.44. The summed E-state index contributed by atoms with van der Waals surface area (Å²) >= 11 is 0. The van der Waals surface area contributed by atoms with Gasteiger partial charge in [-0.3, -0.25) is 9.69 Å². The highest BCUT2D eigenvalue weighted by molar-refractivity contribution is 5.71. The van der Waals surface area contributed by atoms with Crippen LogP contribution in [0.25, 0.3) is 0 Å². The average molecular weight is 347 g/mol. The molecule has 0 aromatic heterocycles. The first-order valence-corrected chi connectivity index (χ1v) is 9.09. The number of rotatable bonds is 3. The number of amides is 1. The molecule has 0 saturated carbocycles. The van der Waals surface area contributed by atoms with Crippen molar-refractivity contribution in [2.24, 2.45) is 0 Å². The zero-order valence-corrected chi connectivity index (χ0v) is 15.8. The fourth-order valence-corrected chi connectivity index (χ4v) is 3.35. The number of unbranched alkanes of at least 4 members (excludes halogenated alkanes) is 1. The number of ether oxygens (including phenoxy) is 2. The molecule has 2 bridgehead atoms. The van der Waals surface area contributed by atoms with Crippen molar-refractivity contribution in [3.63, 3.8) is 0 Å². The number of hydrogen-bond acceptors (Lipinski definition) is 4. The molecule has 2 aliphatic heterocycles. The van der Waals surface area contributed by atoms with Crippen LogP contribution in [0.2, 0.25) is 0 Å². The monoisotopic (exact) mass is 347 g/mol. The smallest absolute Gasteiger partial charge is 0.411 e. The highest BCUT2D eigenvalue weighted by Gasteiger charge is 2.41. The number of nitrogens with zero attached hydrogens (tertiary/aromatic N) is 1. The summed E-state index contributed by atoms with van der Waals surface area (Å²) in [6, 6.07) is 0.269. The van der Waals surface area contributed by atoms with Gasteiger partial charge in [0.2, 0.25) is 0 Å². The van der Waals surface area contributed by atoms with E-state index in [0.29, 0.717) is 19.3 Å². The van der Waals surface area contributed by atoms with Crippen LogP contribution in [0.15, 0.2) is 11.6 Å². The van der Waals surface area contributed by atoms with Crippen LogP contribution in [-0.4, -0.2) is 41.8 Å². The van der Waals surface area contributed by atoms with E-state index in [1.807, 2.05) is 25.7 Å². The zero-order chi connectivity index (χ0) is 18.4. The summed E-state index contributed by atoms with van der Waals surface area (Å²) in [5.41, 5.74) is 0.524. The number of esters is 1. The molecular formula is C20H29NO4. The quantitative estimate of drug-likeness (QED) is 0.442. The van der Waals surface area contributed by atoms with Gasteiger partial charge in [-0.2, -0.15) is 0 Å². The molecule has 0 aromatic rings. The Morgan fingerprint density at radius 2 is 2.04 bits per heavy atom. The number of carbonyl (C=O) groups is 2. The Balaban J connectivity index is 2.01. The molecule has 2 rings (SSSR count). The molecule has 0 radical (unpaired) electrons. The second-order valence-corrected chi connectivity index (χ2v) is 7.60. The van der Waals surface area contributed by atoms with E-state index in [2.05, 4.69) is 22.7 Å². The Morgan fingerprint density at radius 1 is 1.28 bits per heavy atom. The number of fused-ring (bicyclic) bond motifs is 2. The summed E-state index contributed by atoms with van der Waals surface area (Å²) in [7, 11) is 1.39. The Bertz CT molecular complexity index is 591. The van der Waals surface area contributed by atoms with Crippen LogP contribution < -0.4 is 0 Å². The molecule has 1 unspecified atom stereocenters. The van der Waals surface area contributed by atoms with Crippen LogP contribution in [0.5, 0.6) is 0 Å². The van der Waals surface area contributed by atoms with Crippen molar-refractivity contribution < 1.29 is 19.1 Å². The van der Waals surface area contributed by atoms with Gasteiger partial charge in [0.25, 0.3) is 0 Å². The van der Waals surface area contributed by atoms with Crippen LogP contribution in [0, 0.1) is 11.8 Å². The van der Waals surface area contributed by atoms with E-state index in [1.165, 1.54) is 7.11 Å². The molecule has 5 nitrogen and oxygen atoms in total. The summed E-state index contributed by atoms with van der Waals surface area (Å²) in [4.78, 5) is 25.6. The van der Waals surface area contributed by atoms with E-state index in [1.54, 1.807) is 0 Å². The lowest BCUT2D eigenvalue weighted by molar-refractivity contribution is -0.140. The minimum atomic E-state index is -0.494. The van der Waals surface area contributed by atoms with Crippen LogP contribution in [0.1, 0.15) is 65.7 Å². The highest BCUT2D eigenvalue weighted by atomic mass is 16.6. The van der Waals surface area contributed by atoms with E-state index in [4.69, 9.17) is 4.74 Å². The second-order valence-electron chi connectivity index (χ2n) is 7.60. The molecule has 0 N–H and O–H groups in total. The van der Waals surface area contributed by atoms with E-state index < -0.39 is 5.60 Å². The van der Waals surface area contributed by atoms with Crippen molar-refractivity contribution >= 4 is 12.1 Å². The third-order valence-corrected chi connectivity index (χ3v) is 4.47. The van der Waals surface area contributed by atoms with Gasteiger partial charge < -0.3 is 9.47 Å². The number of allylic oxidation sites excluding steroid dienone is 1. The maximum Gasteiger partial charge on any atom is 0.411 e. The summed E-state index contributed by atoms with van der Waals surface area (Å²) < 4.78 is 10.2. The van der Waals surface area contributed by atoms with Crippen molar-refractivity contribution in [1.82, 2.24) is 4.90 Å². The van der Waals surface area contributed by atoms with Crippen molar-refractivity contribution in [3.8, 4) is 11.8 Å². The largest absolute Gasteiger partial charge is 0.469 e. The van der Waals surface area contributed by atoms with Gasteiger partial charge in [0.05, 0.1) is 13.2 Å². The molecule has 0 aromatic carbocycles. The van der Waals surface area contributed by atoms with Crippen LogP contribution in [0.4, 0.5) is 4.79 Å². The molecule has 2 heterocycles. The lowest BCUT2D eigenvalue weighted by atomic mass is 10.00. The summed E-state index contributed by atoms with van der Waals surface area (Å²) in [6.45, 7) is 5.67. The van der Waals surface area contributed by atoms with Gasteiger partial charge in [-0.25, -0.2) is 4.79 Å². The van der Waals surface area contributed by atoms with E-state index in [0.717, 1.165) is 31.3 Å². The SMILES string of the molecule is COC(=O)CCCC#CC1=CCC[C@H]2CCC1N2C(=O)OC(C)(C)C. The van der Waals surface area contributed by atoms with E-state index in [-0.39, 0.29) is 24.1 Å². The minimum Gasteiger partial charge on any atom is -0.469 e. The standard InChI is InChI=1S/C20H29NO4/c1-20(2,3)25-19(23)21-16-11-8-10-15(17(21)14-13-16)9-6-5-7-12-18(22)24-4/h10,16-17H,5,7-8,11-14H2,1-4H3/t16-,17?/m0/s1. The van der Waals surface area contributed by atoms with Crippen LogP contribution in [-0.2, 0) is 14.3 Å². The first-order valence-electron chi connectivity index (χ1n) is 9.09. The molecule has 5 heteroatoms. The molecule has 2 aliphatic rings. The first kappa shape index (κ1) is 19.4. The first-order chi connectivity index (χ1) is 11.8. The molecule has 0 aliphatic carbocycles. The molecule has 0 spiro atoms. The third-order valence-electron chi connectivity index (χ3n) is 4.47. The highest BCUT2D eigenvalue weighted by Crippen LogP contribution is 2.35. The van der Waals surface area contributed by atoms with Crippen molar-refractivity contribution in [3.05, 3.63) is 11.6 Å². The summed E-state index contributed by atoms with van der Waals surface area (Å²) in [5.74, 6) is 6.18. The lowest BCUT2D eigenvalue weighted by Gasteiger charge is -2.31. The maximum atomic E-state index is 12.6. The van der Waals surface area contributed by atoms with Gasteiger partial charge >= 0.3 is 12.1 Å². The molecule has 2 atom stereocenters. The number of hydrogen-bond donors (Lipinski definition) is 0. The van der Waals surface area contributed by atoms with Gasteiger partial charge in [0, 0.05) is 24.5 Å². The molecule has 138 valence electrons. The molecular weight excluding hydrogens is 318 g/mol. The van der Waals surface area contributed by atoms with Gasteiger partial charge in [0.1, 0.15) is 5.60 Å². The van der Waals surface area contributed by atoms with Crippen molar-refractivity contribution in [1.29, 1.82) is 0 Å². The van der Waals surface area contributed by atoms with Gasteiger partial charge in [-0.15, -0.1) is 0 Å². The predicted octanol–water partition coefficient (Wildman–Crippen LogP) is 3.82. The summed E-state index contributed by atoms with van der Waals surface area (Å²) in [6.07, 6.45) is 7.49. The van der Waals surface area contributed by atoms with Crippen molar-refractivity contribution in [2.45, 2.75) is 83.4 Å². The molecule has 25 heavy (non-hydrogen) atoms. The Hall–Kier alpha value is -1.96. The van der Waals surface area contributed by atoms with Crippen molar-refractivity contribution in [2.75, 3.05) is 7.11 Å². The minimum absolute atomic E-state index is 0.0236. The normalized spacial score (nSPS) is 22.4. The van der Waals surface area contributed by atoms with Gasteiger partial charge in [-0.1, -0.05) is 17.9 Å². The number of methoxy groups -OCH3 is 1. The van der Waals surface area contributed by atoms with E-state index >= 15 is 0 Å². The zero-order valence-electron chi connectivity index (χ0n) is 15.8. The predicted molar refractivity (Wildman–Crippen MR) is 95.8 cm³/mol.